The van der Waals surface area contributed by atoms with Crippen LogP contribution in [0, 0.1) is 0 Å². The third-order valence-corrected chi connectivity index (χ3v) is 2.84. The zero-order chi connectivity index (χ0) is 12.4. The fourth-order valence-electron chi connectivity index (χ4n) is 1.75. The molecule has 0 atom stereocenters. The van der Waals surface area contributed by atoms with E-state index in [1.54, 1.807) is 10.7 Å². The number of hydrogen-bond acceptors (Lipinski definition) is 2. The molecule has 0 spiro atoms. The number of aromatic nitrogens is 3. The molecule has 2 aromatic heterocycles. The summed E-state index contributed by atoms with van der Waals surface area (Å²) in [6, 6.07) is 15.6. The van der Waals surface area contributed by atoms with Gasteiger partial charge in [-0.3, -0.25) is 0 Å². The minimum absolute atomic E-state index is 0.462. The molecule has 0 fully saturated rings. The molecule has 0 saturated heterocycles. The molecule has 0 aliphatic rings. The van der Waals surface area contributed by atoms with E-state index in [9.17, 15) is 0 Å². The third-order valence-electron chi connectivity index (χ3n) is 2.62. The number of nitrogens with zero attached hydrogens (tertiary/aromatic N) is 3. The number of pyridine rings is 1. The van der Waals surface area contributed by atoms with Crippen LogP contribution < -0.4 is 0 Å². The third kappa shape index (κ3) is 2.13. The van der Waals surface area contributed by atoms with Crippen LogP contribution in [0.5, 0.6) is 0 Å². The van der Waals surface area contributed by atoms with Crippen LogP contribution in [0.2, 0.25) is 5.15 Å². The van der Waals surface area contributed by atoms with Crippen molar-refractivity contribution in [1.29, 1.82) is 0 Å². The summed E-state index contributed by atoms with van der Waals surface area (Å²) in [7, 11) is 0. The first-order valence-electron chi connectivity index (χ1n) is 5.56. The normalized spacial score (nSPS) is 10.5. The molecule has 0 N–H and O–H groups in total. The summed E-state index contributed by atoms with van der Waals surface area (Å²) in [5.41, 5.74) is 2.18. The van der Waals surface area contributed by atoms with Crippen LogP contribution in [0.15, 0.2) is 60.9 Å². The van der Waals surface area contributed by atoms with E-state index in [0.717, 1.165) is 11.1 Å². The topological polar surface area (TPSA) is 30.7 Å². The lowest BCUT2D eigenvalue weighted by Gasteiger charge is -1.99. The van der Waals surface area contributed by atoms with Gasteiger partial charge in [0, 0.05) is 11.8 Å². The molecule has 0 saturated carbocycles. The molecule has 0 bridgehead atoms. The van der Waals surface area contributed by atoms with Crippen LogP contribution in [0.4, 0.5) is 0 Å². The van der Waals surface area contributed by atoms with Gasteiger partial charge < -0.3 is 0 Å². The Labute approximate surface area is 110 Å². The molecule has 3 rings (SSSR count). The number of halogens is 1. The van der Waals surface area contributed by atoms with Gasteiger partial charge in [0.15, 0.2) is 5.82 Å². The molecule has 1 aromatic carbocycles. The van der Waals surface area contributed by atoms with E-state index in [-0.39, 0.29) is 0 Å². The molecule has 4 heteroatoms. The minimum Gasteiger partial charge on any atom is -0.222 e. The second kappa shape index (κ2) is 4.63. The van der Waals surface area contributed by atoms with Gasteiger partial charge in [-0.2, -0.15) is 5.10 Å². The van der Waals surface area contributed by atoms with Crippen LogP contribution in [0.25, 0.3) is 16.9 Å². The van der Waals surface area contributed by atoms with E-state index in [4.69, 9.17) is 11.6 Å². The van der Waals surface area contributed by atoms with Crippen LogP contribution in [0.3, 0.4) is 0 Å². The first-order valence-corrected chi connectivity index (χ1v) is 5.94. The highest BCUT2D eigenvalue weighted by Crippen LogP contribution is 2.19. The lowest BCUT2D eigenvalue weighted by Crippen LogP contribution is -1.96. The van der Waals surface area contributed by atoms with Crippen LogP contribution in [0.1, 0.15) is 0 Å². The smallest absolute Gasteiger partial charge is 0.155 e. The van der Waals surface area contributed by atoms with Crippen molar-refractivity contribution in [2.75, 3.05) is 0 Å². The van der Waals surface area contributed by atoms with E-state index in [0.29, 0.717) is 11.0 Å². The van der Waals surface area contributed by atoms with Gasteiger partial charge in [0.2, 0.25) is 0 Å². The summed E-state index contributed by atoms with van der Waals surface area (Å²) >= 11 is 5.87. The standard InChI is InChI=1S/C14H10ClN3/c15-13-7-4-8-14(17-13)18-10-12(9-16-18)11-5-2-1-3-6-11/h1-10H. The van der Waals surface area contributed by atoms with Gasteiger partial charge in [0.25, 0.3) is 0 Å². The fourth-order valence-corrected chi connectivity index (χ4v) is 1.91. The van der Waals surface area contributed by atoms with E-state index in [1.807, 2.05) is 54.9 Å². The zero-order valence-electron chi connectivity index (χ0n) is 9.49. The molecule has 88 valence electrons. The maximum atomic E-state index is 5.87. The molecule has 18 heavy (non-hydrogen) atoms. The van der Waals surface area contributed by atoms with Crippen molar-refractivity contribution in [3.63, 3.8) is 0 Å². The van der Waals surface area contributed by atoms with E-state index >= 15 is 0 Å². The Balaban J connectivity index is 2.00. The van der Waals surface area contributed by atoms with E-state index in [1.165, 1.54) is 0 Å². The molecule has 2 heterocycles. The predicted octanol–water partition coefficient (Wildman–Crippen LogP) is 3.59. The number of hydrogen-bond donors (Lipinski definition) is 0. The molecule has 3 nitrogen and oxygen atoms in total. The predicted molar refractivity (Wildman–Crippen MR) is 71.8 cm³/mol. The first kappa shape index (κ1) is 11.0. The largest absolute Gasteiger partial charge is 0.222 e. The first-order chi connectivity index (χ1) is 8.83. The Morgan fingerprint density at radius 2 is 1.72 bits per heavy atom. The molecule has 0 amide bonds. The van der Waals surface area contributed by atoms with Gasteiger partial charge in [-0.25, -0.2) is 9.67 Å². The van der Waals surface area contributed by atoms with Crippen LogP contribution in [-0.4, -0.2) is 14.8 Å². The van der Waals surface area contributed by atoms with Crippen molar-refractivity contribution in [1.82, 2.24) is 14.8 Å². The lowest BCUT2D eigenvalue weighted by atomic mass is 10.1. The molecular formula is C14H10ClN3. The lowest BCUT2D eigenvalue weighted by molar-refractivity contribution is 0.847. The van der Waals surface area contributed by atoms with Crippen molar-refractivity contribution in [3.05, 3.63) is 66.1 Å². The Morgan fingerprint density at radius 3 is 2.50 bits per heavy atom. The van der Waals surface area contributed by atoms with Crippen LogP contribution in [-0.2, 0) is 0 Å². The highest BCUT2D eigenvalue weighted by Gasteiger charge is 2.04. The van der Waals surface area contributed by atoms with Crippen molar-refractivity contribution in [2.45, 2.75) is 0 Å². The maximum Gasteiger partial charge on any atom is 0.155 e. The SMILES string of the molecule is Clc1cccc(-n2cc(-c3ccccc3)cn2)n1. The number of benzene rings is 1. The van der Waals surface area contributed by atoms with Gasteiger partial charge in [0.05, 0.1) is 6.20 Å². The van der Waals surface area contributed by atoms with Gasteiger partial charge in [-0.15, -0.1) is 0 Å². The van der Waals surface area contributed by atoms with Crippen molar-refractivity contribution in [2.24, 2.45) is 0 Å². The second-order valence-electron chi connectivity index (χ2n) is 3.86. The molecule has 0 unspecified atom stereocenters. The van der Waals surface area contributed by atoms with Crippen molar-refractivity contribution >= 4 is 11.6 Å². The zero-order valence-corrected chi connectivity index (χ0v) is 10.2. The van der Waals surface area contributed by atoms with Gasteiger partial charge in [-0.1, -0.05) is 48.0 Å². The maximum absolute atomic E-state index is 5.87. The van der Waals surface area contributed by atoms with Gasteiger partial charge >= 0.3 is 0 Å². The molecule has 3 aromatic rings. The van der Waals surface area contributed by atoms with Gasteiger partial charge in [-0.05, 0) is 17.7 Å². The summed E-state index contributed by atoms with van der Waals surface area (Å²) in [6.45, 7) is 0. The summed E-state index contributed by atoms with van der Waals surface area (Å²) in [5, 5.41) is 4.76. The average Bonchev–Trinajstić information content (AvgIpc) is 2.89. The van der Waals surface area contributed by atoms with E-state index < -0.39 is 0 Å². The second-order valence-corrected chi connectivity index (χ2v) is 4.25. The quantitative estimate of drug-likeness (QED) is 0.655. The van der Waals surface area contributed by atoms with Crippen molar-refractivity contribution < 1.29 is 0 Å². The monoisotopic (exact) mass is 255 g/mol. The molecule has 0 aliphatic heterocycles. The van der Waals surface area contributed by atoms with Crippen molar-refractivity contribution in [3.8, 4) is 16.9 Å². The summed E-state index contributed by atoms with van der Waals surface area (Å²) in [4.78, 5) is 4.22. The summed E-state index contributed by atoms with van der Waals surface area (Å²) in [6.07, 6.45) is 3.76. The highest BCUT2D eigenvalue weighted by molar-refractivity contribution is 6.29. The average molecular weight is 256 g/mol. The minimum atomic E-state index is 0.462. The van der Waals surface area contributed by atoms with E-state index in [2.05, 4.69) is 10.1 Å². The Morgan fingerprint density at radius 1 is 0.889 bits per heavy atom. The Bertz CT molecular complexity index is 662. The number of rotatable bonds is 2. The van der Waals surface area contributed by atoms with Gasteiger partial charge in [0.1, 0.15) is 5.15 Å². The summed E-state index contributed by atoms with van der Waals surface area (Å²) < 4.78 is 1.72. The Hall–Kier alpha value is -2.13. The fraction of sp³-hybridized carbons (Fsp3) is 0. The molecular weight excluding hydrogens is 246 g/mol. The summed E-state index contributed by atoms with van der Waals surface area (Å²) in [5.74, 6) is 0.713. The molecule has 0 radical (unpaired) electrons. The Kier molecular flexibility index (Phi) is 2.82. The van der Waals surface area contributed by atoms with Crippen LogP contribution >= 0.6 is 11.6 Å². The molecule has 0 aliphatic carbocycles. The highest BCUT2D eigenvalue weighted by atomic mass is 35.5.